The van der Waals surface area contributed by atoms with Gasteiger partial charge in [0.15, 0.2) is 0 Å². The molecule has 1 heterocycles. The Hall–Kier alpha value is -1.53. The molecule has 0 spiro atoms. The summed E-state index contributed by atoms with van der Waals surface area (Å²) < 4.78 is 5.53. The largest absolute Gasteiger partial charge is 0.496 e. The number of fused-ring (bicyclic) bond motifs is 2. The highest BCUT2D eigenvalue weighted by Gasteiger charge is 2.42. The maximum Gasteiger partial charge on any atom is 0.123 e. The number of nitriles is 1. The smallest absolute Gasteiger partial charge is 0.123 e. The van der Waals surface area contributed by atoms with E-state index in [1.807, 2.05) is 18.2 Å². The van der Waals surface area contributed by atoms with E-state index in [9.17, 15) is 5.26 Å². The zero-order valence-electron chi connectivity index (χ0n) is 14.7. The van der Waals surface area contributed by atoms with E-state index in [4.69, 9.17) is 4.74 Å². The van der Waals surface area contributed by atoms with Crippen molar-refractivity contribution in [2.75, 3.05) is 26.7 Å². The number of piperidine rings is 1. The third-order valence-corrected chi connectivity index (χ3v) is 6.92. The van der Waals surface area contributed by atoms with Gasteiger partial charge in [-0.1, -0.05) is 24.6 Å². The summed E-state index contributed by atoms with van der Waals surface area (Å²) in [5.74, 6) is 3.80. The highest BCUT2D eigenvalue weighted by molar-refractivity contribution is 5.44. The molecule has 3 heteroatoms. The predicted octanol–water partition coefficient (Wildman–Crippen LogP) is 3.99. The SMILES string of the molecule is COc1ccccc1C1(C#N)CCN(C[C@H]2C[C@H]3CC[C@H]2C3)CC1. The summed E-state index contributed by atoms with van der Waals surface area (Å²) in [7, 11) is 1.70. The van der Waals surface area contributed by atoms with E-state index >= 15 is 0 Å². The number of benzene rings is 1. The second kappa shape index (κ2) is 6.41. The van der Waals surface area contributed by atoms with Crippen LogP contribution in [0.25, 0.3) is 0 Å². The van der Waals surface area contributed by atoms with Crippen molar-refractivity contribution in [3.05, 3.63) is 29.8 Å². The molecule has 0 unspecified atom stereocenters. The second-order valence-electron chi connectivity index (χ2n) is 8.13. The van der Waals surface area contributed by atoms with Crippen LogP contribution in [0.3, 0.4) is 0 Å². The molecule has 3 nitrogen and oxygen atoms in total. The highest BCUT2D eigenvalue weighted by atomic mass is 16.5. The van der Waals surface area contributed by atoms with Crippen molar-refractivity contribution in [1.29, 1.82) is 5.26 Å². The lowest BCUT2D eigenvalue weighted by Gasteiger charge is -2.40. The van der Waals surface area contributed by atoms with Crippen LogP contribution in [-0.2, 0) is 5.41 Å². The molecule has 0 N–H and O–H groups in total. The summed E-state index contributed by atoms with van der Waals surface area (Å²) in [5, 5.41) is 9.95. The summed E-state index contributed by atoms with van der Waals surface area (Å²) in [6.07, 6.45) is 7.73. The van der Waals surface area contributed by atoms with Gasteiger partial charge in [0.1, 0.15) is 5.75 Å². The highest BCUT2D eigenvalue weighted by Crippen LogP contribution is 2.49. The van der Waals surface area contributed by atoms with Crippen LogP contribution in [-0.4, -0.2) is 31.6 Å². The van der Waals surface area contributed by atoms with Gasteiger partial charge < -0.3 is 9.64 Å². The molecule has 0 amide bonds. The van der Waals surface area contributed by atoms with E-state index in [-0.39, 0.29) is 5.41 Å². The fourth-order valence-electron chi connectivity index (χ4n) is 5.53. The van der Waals surface area contributed by atoms with Crippen molar-refractivity contribution in [2.45, 2.75) is 43.9 Å². The van der Waals surface area contributed by atoms with Crippen LogP contribution < -0.4 is 4.74 Å². The second-order valence-corrected chi connectivity index (χ2v) is 8.13. The van der Waals surface area contributed by atoms with E-state index in [0.717, 1.165) is 55.0 Å². The van der Waals surface area contributed by atoms with Gasteiger partial charge in [0.05, 0.1) is 18.6 Å². The van der Waals surface area contributed by atoms with E-state index < -0.39 is 0 Å². The summed E-state index contributed by atoms with van der Waals surface area (Å²) >= 11 is 0. The minimum Gasteiger partial charge on any atom is -0.496 e. The molecule has 3 atom stereocenters. The predicted molar refractivity (Wildman–Crippen MR) is 94.9 cm³/mol. The average molecular weight is 324 g/mol. The monoisotopic (exact) mass is 324 g/mol. The van der Waals surface area contributed by atoms with Gasteiger partial charge in [0.25, 0.3) is 0 Å². The normalized spacial score (nSPS) is 31.8. The van der Waals surface area contributed by atoms with Crippen LogP contribution in [0.4, 0.5) is 0 Å². The fourth-order valence-corrected chi connectivity index (χ4v) is 5.53. The van der Waals surface area contributed by atoms with E-state index in [0.29, 0.717) is 0 Å². The molecule has 2 bridgehead atoms. The lowest BCUT2D eigenvalue weighted by atomic mass is 9.73. The van der Waals surface area contributed by atoms with Crippen LogP contribution in [0.2, 0.25) is 0 Å². The van der Waals surface area contributed by atoms with Gasteiger partial charge in [0, 0.05) is 12.1 Å². The van der Waals surface area contributed by atoms with Crippen LogP contribution >= 0.6 is 0 Å². The first-order chi connectivity index (χ1) is 11.7. The van der Waals surface area contributed by atoms with Gasteiger partial charge >= 0.3 is 0 Å². The van der Waals surface area contributed by atoms with Gasteiger partial charge in [-0.25, -0.2) is 0 Å². The standard InChI is InChI=1S/C21H28N2O/c1-24-20-5-3-2-4-19(20)21(15-22)8-10-23(11-9-21)14-18-13-16-6-7-17(18)12-16/h2-5,16-18H,6-14H2,1H3/t16-,17-,18+/m0/s1. The molecule has 1 aromatic rings. The zero-order chi connectivity index (χ0) is 16.6. The van der Waals surface area contributed by atoms with Crippen molar-refractivity contribution in [1.82, 2.24) is 4.90 Å². The molecule has 3 fully saturated rings. The molecule has 1 saturated heterocycles. The summed E-state index contributed by atoms with van der Waals surface area (Å²) in [4.78, 5) is 2.62. The molecule has 4 rings (SSSR count). The van der Waals surface area contributed by atoms with Crippen molar-refractivity contribution in [3.8, 4) is 11.8 Å². The maximum absolute atomic E-state index is 9.95. The third kappa shape index (κ3) is 2.71. The summed E-state index contributed by atoms with van der Waals surface area (Å²) in [6, 6.07) is 10.7. The number of hydrogen-bond donors (Lipinski definition) is 0. The molecule has 1 aliphatic heterocycles. The van der Waals surface area contributed by atoms with Crippen molar-refractivity contribution < 1.29 is 4.74 Å². The van der Waals surface area contributed by atoms with Gasteiger partial charge in [-0.2, -0.15) is 5.26 Å². The Labute approximate surface area is 145 Å². The number of para-hydroxylation sites is 1. The van der Waals surface area contributed by atoms with Gasteiger partial charge in [-0.15, -0.1) is 0 Å². The van der Waals surface area contributed by atoms with Crippen molar-refractivity contribution in [3.63, 3.8) is 0 Å². The van der Waals surface area contributed by atoms with Crippen molar-refractivity contribution in [2.24, 2.45) is 17.8 Å². The maximum atomic E-state index is 9.95. The topological polar surface area (TPSA) is 36.3 Å². The number of ether oxygens (including phenoxy) is 1. The fraction of sp³-hybridized carbons (Fsp3) is 0.667. The number of nitrogens with zero attached hydrogens (tertiary/aromatic N) is 2. The molecule has 2 saturated carbocycles. The zero-order valence-corrected chi connectivity index (χ0v) is 14.7. The average Bonchev–Trinajstić information content (AvgIpc) is 3.26. The first kappa shape index (κ1) is 16.0. The summed E-state index contributed by atoms with van der Waals surface area (Å²) in [6.45, 7) is 3.34. The molecular weight excluding hydrogens is 296 g/mol. The molecular formula is C21H28N2O. The molecule has 0 aromatic heterocycles. The first-order valence-corrected chi connectivity index (χ1v) is 9.51. The van der Waals surface area contributed by atoms with E-state index in [1.165, 1.54) is 32.2 Å². The Morgan fingerprint density at radius 3 is 2.62 bits per heavy atom. The van der Waals surface area contributed by atoms with Gasteiger partial charge in [0.2, 0.25) is 0 Å². The lowest BCUT2D eigenvalue weighted by molar-refractivity contribution is 0.139. The number of rotatable bonds is 4. The molecule has 2 aliphatic carbocycles. The molecule has 3 aliphatic rings. The van der Waals surface area contributed by atoms with Gasteiger partial charge in [-0.05, 0) is 69.0 Å². The molecule has 24 heavy (non-hydrogen) atoms. The molecule has 128 valence electrons. The van der Waals surface area contributed by atoms with E-state index in [2.05, 4.69) is 17.0 Å². The Morgan fingerprint density at radius 1 is 1.21 bits per heavy atom. The molecule has 1 aromatic carbocycles. The Bertz CT molecular complexity index is 627. The Morgan fingerprint density at radius 2 is 2.00 bits per heavy atom. The van der Waals surface area contributed by atoms with Crippen LogP contribution in [0.5, 0.6) is 5.75 Å². The Balaban J connectivity index is 1.43. The quantitative estimate of drug-likeness (QED) is 0.840. The Kier molecular flexibility index (Phi) is 4.26. The van der Waals surface area contributed by atoms with Crippen molar-refractivity contribution >= 4 is 0 Å². The van der Waals surface area contributed by atoms with E-state index in [1.54, 1.807) is 7.11 Å². The third-order valence-electron chi connectivity index (χ3n) is 6.92. The van der Waals surface area contributed by atoms with Gasteiger partial charge in [-0.3, -0.25) is 0 Å². The number of likely N-dealkylation sites (tertiary alicyclic amines) is 1. The van der Waals surface area contributed by atoms with Crippen LogP contribution in [0.15, 0.2) is 24.3 Å². The lowest BCUT2D eigenvalue weighted by Crippen LogP contribution is -2.44. The van der Waals surface area contributed by atoms with Crippen LogP contribution in [0, 0.1) is 29.1 Å². The summed E-state index contributed by atoms with van der Waals surface area (Å²) in [5.41, 5.74) is 0.701. The van der Waals surface area contributed by atoms with Crippen LogP contribution in [0.1, 0.15) is 44.1 Å². The number of methoxy groups -OCH3 is 1. The number of hydrogen-bond acceptors (Lipinski definition) is 3. The molecule has 0 radical (unpaired) electrons. The minimum atomic E-state index is -0.377. The minimum absolute atomic E-state index is 0.377. The first-order valence-electron chi connectivity index (χ1n) is 9.51.